The highest BCUT2D eigenvalue weighted by atomic mass is 32.1. The summed E-state index contributed by atoms with van der Waals surface area (Å²) >= 11 is 5.16. The van der Waals surface area contributed by atoms with Gasteiger partial charge in [-0.25, -0.2) is 4.39 Å². The first-order chi connectivity index (χ1) is 12.1. The first-order valence-electron chi connectivity index (χ1n) is 8.35. The second-order valence-corrected chi connectivity index (χ2v) is 6.42. The third-order valence-electron chi connectivity index (χ3n) is 4.16. The zero-order valence-electron chi connectivity index (χ0n) is 13.8. The van der Waals surface area contributed by atoms with Crippen molar-refractivity contribution in [2.45, 2.75) is 19.3 Å². The topological polar surface area (TPSA) is 44.4 Å². The summed E-state index contributed by atoms with van der Waals surface area (Å²) in [5.74, 6) is -0.901. The lowest BCUT2D eigenvalue weighted by Crippen LogP contribution is -2.34. The van der Waals surface area contributed by atoms with Gasteiger partial charge in [-0.05, 0) is 73.9 Å². The highest BCUT2D eigenvalue weighted by molar-refractivity contribution is 7.80. The zero-order chi connectivity index (χ0) is 17.6. The number of benzene rings is 2. The highest BCUT2D eigenvalue weighted by Gasteiger charge is 2.11. The number of halogens is 1. The van der Waals surface area contributed by atoms with Crippen LogP contribution in [0.1, 0.15) is 29.6 Å². The molecule has 1 amide bonds. The number of carbonyl (C=O) groups is 1. The summed E-state index contributed by atoms with van der Waals surface area (Å²) in [5, 5.41) is 5.71. The molecule has 3 rings (SSSR count). The van der Waals surface area contributed by atoms with Crippen molar-refractivity contribution in [3.8, 4) is 0 Å². The SMILES string of the molecule is O=C(NC(=S)Nc1ccc(N2CCCCC2)cc1)c1cccc(F)c1. The fourth-order valence-electron chi connectivity index (χ4n) is 2.88. The minimum atomic E-state index is -0.458. The lowest BCUT2D eigenvalue weighted by Gasteiger charge is -2.28. The Morgan fingerprint density at radius 1 is 1.04 bits per heavy atom. The number of piperidine rings is 1. The molecule has 0 saturated carbocycles. The van der Waals surface area contributed by atoms with Crippen LogP contribution in [0.15, 0.2) is 48.5 Å². The van der Waals surface area contributed by atoms with Crippen molar-refractivity contribution in [1.82, 2.24) is 5.32 Å². The monoisotopic (exact) mass is 357 g/mol. The third-order valence-corrected chi connectivity index (χ3v) is 4.36. The number of nitrogens with zero attached hydrogens (tertiary/aromatic N) is 1. The van der Waals surface area contributed by atoms with E-state index in [1.54, 1.807) is 0 Å². The van der Waals surface area contributed by atoms with Gasteiger partial charge >= 0.3 is 0 Å². The van der Waals surface area contributed by atoms with E-state index in [2.05, 4.69) is 15.5 Å². The molecule has 1 heterocycles. The van der Waals surface area contributed by atoms with E-state index in [1.807, 2.05) is 24.3 Å². The Balaban J connectivity index is 1.56. The molecule has 6 heteroatoms. The van der Waals surface area contributed by atoms with Crippen molar-refractivity contribution in [3.05, 3.63) is 59.9 Å². The Labute approximate surface area is 152 Å². The van der Waals surface area contributed by atoms with E-state index in [1.165, 1.54) is 49.2 Å². The lowest BCUT2D eigenvalue weighted by atomic mass is 10.1. The number of hydrogen-bond acceptors (Lipinski definition) is 3. The molecule has 0 spiro atoms. The maximum Gasteiger partial charge on any atom is 0.257 e. The Kier molecular flexibility index (Phi) is 5.60. The molecule has 0 aromatic heterocycles. The Bertz CT molecular complexity index is 758. The Morgan fingerprint density at radius 3 is 2.44 bits per heavy atom. The number of thiocarbonyl (C=S) groups is 1. The van der Waals surface area contributed by atoms with Crippen molar-refractivity contribution < 1.29 is 9.18 Å². The van der Waals surface area contributed by atoms with Crippen molar-refractivity contribution >= 4 is 34.6 Å². The van der Waals surface area contributed by atoms with E-state index >= 15 is 0 Å². The summed E-state index contributed by atoms with van der Waals surface area (Å²) in [5.41, 5.74) is 2.22. The number of hydrogen-bond donors (Lipinski definition) is 2. The summed E-state index contributed by atoms with van der Waals surface area (Å²) < 4.78 is 13.2. The first kappa shape index (κ1) is 17.4. The number of carbonyl (C=O) groups excluding carboxylic acids is 1. The molecule has 1 saturated heterocycles. The zero-order valence-corrected chi connectivity index (χ0v) is 14.6. The smallest absolute Gasteiger partial charge is 0.257 e. The standard InChI is InChI=1S/C19H20FN3OS/c20-15-6-4-5-14(13-15)18(24)22-19(25)21-16-7-9-17(10-8-16)23-11-2-1-3-12-23/h4-10,13H,1-3,11-12H2,(H2,21,22,24,25). The van der Waals surface area contributed by atoms with E-state index in [9.17, 15) is 9.18 Å². The average molecular weight is 357 g/mol. The van der Waals surface area contributed by atoms with Crippen LogP contribution in [0.25, 0.3) is 0 Å². The van der Waals surface area contributed by atoms with Gasteiger partial charge in [-0.15, -0.1) is 0 Å². The molecule has 4 nitrogen and oxygen atoms in total. The van der Waals surface area contributed by atoms with Crippen LogP contribution in [0, 0.1) is 5.82 Å². The second kappa shape index (κ2) is 8.07. The van der Waals surface area contributed by atoms with E-state index in [-0.39, 0.29) is 10.7 Å². The van der Waals surface area contributed by atoms with Crippen LogP contribution in [-0.2, 0) is 0 Å². The molecule has 2 aromatic carbocycles. The molecule has 0 radical (unpaired) electrons. The quantitative estimate of drug-likeness (QED) is 0.817. The predicted molar refractivity (Wildman–Crippen MR) is 103 cm³/mol. The molecule has 1 aliphatic heterocycles. The maximum absolute atomic E-state index is 13.2. The molecule has 1 fully saturated rings. The number of rotatable bonds is 3. The molecule has 0 atom stereocenters. The van der Waals surface area contributed by atoms with Gasteiger partial charge in [0.05, 0.1) is 0 Å². The van der Waals surface area contributed by atoms with Crippen molar-refractivity contribution in [2.75, 3.05) is 23.3 Å². The average Bonchev–Trinajstić information content (AvgIpc) is 2.63. The largest absolute Gasteiger partial charge is 0.372 e. The van der Waals surface area contributed by atoms with Crippen molar-refractivity contribution in [3.63, 3.8) is 0 Å². The predicted octanol–water partition coefficient (Wildman–Crippen LogP) is 3.94. The lowest BCUT2D eigenvalue weighted by molar-refractivity contribution is 0.0977. The Hall–Kier alpha value is -2.47. The second-order valence-electron chi connectivity index (χ2n) is 6.01. The number of amides is 1. The summed E-state index contributed by atoms with van der Waals surface area (Å²) in [6, 6.07) is 13.4. The van der Waals surface area contributed by atoms with Gasteiger partial charge in [0, 0.05) is 30.0 Å². The summed E-state index contributed by atoms with van der Waals surface area (Å²) in [6.45, 7) is 2.18. The molecule has 0 bridgehead atoms. The van der Waals surface area contributed by atoms with Crippen LogP contribution in [-0.4, -0.2) is 24.1 Å². The van der Waals surface area contributed by atoms with E-state index in [4.69, 9.17) is 12.2 Å². The highest BCUT2D eigenvalue weighted by Crippen LogP contribution is 2.21. The van der Waals surface area contributed by atoms with Gasteiger partial charge in [-0.1, -0.05) is 6.07 Å². The molecule has 25 heavy (non-hydrogen) atoms. The molecular weight excluding hydrogens is 337 g/mol. The van der Waals surface area contributed by atoms with Gasteiger partial charge in [0.2, 0.25) is 0 Å². The van der Waals surface area contributed by atoms with E-state index in [0.717, 1.165) is 18.8 Å². The van der Waals surface area contributed by atoms with Gasteiger partial charge in [0.1, 0.15) is 5.82 Å². The van der Waals surface area contributed by atoms with Crippen molar-refractivity contribution in [1.29, 1.82) is 0 Å². The minimum Gasteiger partial charge on any atom is -0.372 e. The summed E-state index contributed by atoms with van der Waals surface area (Å²) in [4.78, 5) is 14.4. The Morgan fingerprint density at radius 2 is 1.76 bits per heavy atom. The van der Waals surface area contributed by atoms with Crippen LogP contribution in [0.2, 0.25) is 0 Å². The molecule has 0 unspecified atom stereocenters. The van der Waals surface area contributed by atoms with Crippen LogP contribution in [0.3, 0.4) is 0 Å². The maximum atomic E-state index is 13.2. The molecule has 2 aromatic rings. The van der Waals surface area contributed by atoms with Gasteiger partial charge < -0.3 is 10.2 Å². The normalized spacial score (nSPS) is 14.0. The minimum absolute atomic E-state index is 0.181. The van der Waals surface area contributed by atoms with Gasteiger partial charge in [-0.2, -0.15) is 0 Å². The molecule has 1 aliphatic rings. The van der Waals surface area contributed by atoms with Crippen LogP contribution >= 0.6 is 12.2 Å². The van der Waals surface area contributed by atoms with E-state index in [0.29, 0.717) is 0 Å². The molecule has 0 aliphatic carbocycles. The fourth-order valence-corrected chi connectivity index (χ4v) is 3.09. The van der Waals surface area contributed by atoms with Crippen LogP contribution < -0.4 is 15.5 Å². The van der Waals surface area contributed by atoms with Crippen molar-refractivity contribution in [2.24, 2.45) is 0 Å². The van der Waals surface area contributed by atoms with Gasteiger partial charge in [0.15, 0.2) is 5.11 Å². The number of nitrogens with one attached hydrogen (secondary N) is 2. The van der Waals surface area contributed by atoms with Gasteiger partial charge in [-0.3, -0.25) is 10.1 Å². The number of anilines is 2. The molecule has 2 N–H and O–H groups in total. The van der Waals surface area contributed by atoms with Crippen LogP contribution in [0.5, 0.6) is 0 Å². The fraction of sp³-hybridized carbons (Fsp3) is 0.263. The summed E-state index contributed by atoms with van der Waals surface area (Å²) in [7, 11) is 0. The molecular formula is C19H20FN3OS. The van der Waals surface area contributed by atoms with Crippen LogP contribution in [0.4, 0.5) is 15.8 Å². The van der Waals surface area contributed by atoms with Gasteiger partial charge in [0.25, 0.3) is 5.91 Å². The summed E-state index contributed by atoms with van der Waals surface area (Å²) in [6.07, 6.45) is 3.77. The van der Waals surface area contributed by atoms with E-state index < -0.39 is 11.7 Å². The first-order valence-corrected chi connectivity index (χ1v) is 8.75. The third kappa shape index (κ3) is 4.76. The molecule has 130 valence electrons.